The second-order valence-corrected chi connectivity index (χ2v) is 7.73. The van der Waals surface area contributed by atoms with Crippen molar-refractivity contribution in [2.24, 2.45) is 0 Å². The van der Waals surface area contributed by atoms with Crippen molar-refractivity contribution in [3.8, 4) is 17.3 Å². The molecule has 0 bridgehead atoms. The number of ketones is 1. The zero-order valence-electron chi connectivity index (χ0n) is 17.0. The predicted molar refractivity (Wildman–Crippen MR) is 111 cm³/mol. The van der Waals surface area contributed by atoms with Crippen LogP contribution in [0.2, 0.25) is 0 Å². The summed E-state index contributed by atoms with van der Waals surface area (Å²) in [5.41, 5.74) is 2.91. The number of pyridine rings is 1. The van der Waals surface area contributed by atoms with Gasteiger partial charge in [0.2, 0.25) is 0 Å². The maximum absolute atomic E-state index is 14.8. The van der Waals surface area contributed by atoms with E-state index in [2.05, 4.69) is 15.6 Å². The number of hydrogen-bond acceptors (Lipinski definition) is 6. The minimum absolute atomic E-state index is 0.0423. The number of nitrogens with one attached hydrogen (secondary N) is 2. The van der Waals surface area contributed by atoms with Crippen LogP contribution < -0.4 is 10.6 Å². The normalized spacial score (nSPS) is 19.2. The summed E-state index contributed by atoms with van der Waals surface area (Å²) in [4.78, 5) is 28.7. The van der Waals surface area contributed by atoms with Gasteiger partial charge in [-0.15, -0.1) is 0 Å². The molecule has 2 N–H and O–H groups in total. The minimum Gasteiger partial charge on any atom is -0.367 e. The van der Waals surface area contributed by atoms with Gasteiger partial charge in [-0.1, -0.05) is 12.1 Å². The number of ether oxygens (including phenoxy) is 1. The summed E-state index contributed by atoms with van der Waals surface area (Å²) in [6.07, 6.45) is 1.26. The number of rotatable bonds is 5. The van der Waals surface area contributed by atoms with Crippen molar-refractivity contribution in [3.63, 3.8) is 0 Å². The molecule has 1 amide bonds. The van der Waals surface area contributed by atoms with Crippen LogP contribution in [-0.2, 0) is 22.4 Å². The van der Waals surface area contributed by atoms with Gasteiger partial charge in [-0.2, -0.15) is 5.26 Å². The van der Waals surface area contributed by atoms with Crippen LogP contribution in [0.25, 0.3) is 11.3 Å². The molecule has 0 radical (unpaired) electrons. The van der Waals surface area contributed by atoms with E-state index in [-0.39, 0.29) is 18.1 Å². The molecule has 2 heterocycles. The molecule has 1 aromatic heterocycles. The summed E-state index contributed by atoms with van der Waals surface area (Å²) in [7, 11) is 0. The van der Waals surface area contributed by atoms with Gasteiger partial charge in [-0.3, -0.25) is 14.6 Å². The van der Waals surface area contributed by atoms with Crippen LogP contribution in [0.1, 0.15) is 34.5 Å². The summed E-state index contributed by atoms with van der Waals surface area (Å²) >= 11 is 0. The number of hydrogen-bond donors (Lipinski definition) is 2. The van der Waals surface area contributed by atoms with Crippen molar-refractivity contribution in [1.82, 2.24) is 15.6 Å². The van der Waals surface area contributed by atoms with Gasteiger partial charge in [0.25, 0.3) is 5.91 Å². The Hall–Kier alpha value is -3.15. The van der Waals surface area contributed by atoms with Gasteiger partial charge in [0.1, 0.15) is 18.0 Å². The Morgan fingerprint density at radius 1 is 1.35 bits per heavy atom. The van der Waals surface area contributed by atoms with Gasteiger partial charge in [0, 0.05) is 37.1 Å². The average Bonchev–Trinajstić information content (AvgIpc) is 2.97. The first-order valence-electron chi connectivity index (χ1n) is 10.4. The van der Waals surface area contributed by atoms with Gasteiger partial charge >= 0.3 is 0 Å². The highest BCUT2D eigenvalue weighted by molar-refractivity contribution is 6.00. The molecule has 2 aromatic rings. The maximum atomic E-state index is 14.8. The predicted octanol–water partition coefficient (Wildman–Crippen LogP) is 1.95. The van der Waals surface area contributed by atoms with Crippen LogP contribution in [0.5, 0.6) is 0 Å². The largest absolute Gasteiger partial charge is 0.367 e. The van der Waals surface area contributed by atoms with E-state index < -0.39 is 18.0 Å². The second-order valence-electron chi connectivity index (χ2n) is 7.73. The lowest BCUT2D eigenvalue weighted by Gasteiger charge is -2.18. The number of nitriles is 1. The highest BCUT2D eigenvalue weighted by Crippen LogP contribution is 2.26. The van der Waals surface area contributed by atoms with E-state index >= 15 is 0 Å². The van der Waals surface area contributed by atoms with Crippen LogP contribution in [-0.4, -0.2) is 48.5 Å². The standard InChI is InChI=1S/C23H23FN4O3/c24-18-11-15(19-5-4-17-20(28-19)6-7-21(17)29)3-2-14(18)10-16(12-25)27-23(30)22-13-26-8-1-9-31-22/h2-5,11,16,22,26H,1,6-10,13H2,(H,27,30)/t16-,22-/m0/s1. The van der Waals surface area contributed by atoms with Crippen LogP contribution in [0, 0.1) is 17.1 Å². The molecule has 1 saturated heterocycles. The lowest BCUT2D eigenvalue weighted by atomic mass is 10.0. The van der Waals surface area contributed by atoms with Crippen LogP contribution >= 0.6 is 0 Å². The molecule has 1 fully saturated rings. The molecule has 1 aromatic carbocycles. The van der Waals surface area contributed by atoms with Crippen molar-refractivity contribution >= 4 is 11.7 Å². The summed E-state index contributed by atoms with van der Waals surface area (Å²) < 4.78 is 20.3. The van der Waals surface area contributed by atoms with Crippen molar-refractivity contribution in [3.05, 3.63) is 53.0 Å². The zero-order valence-corrected chi connectivity index (χ0v) is 17.0. The number of fused-ring (bicyclic) bond motifs is 1. The third kappa shape index (κ3) is 4.79. The molecule has 2 atom stereocenters. The first-order chi connectivity index (χ1) is 15.0. The first-order valence-corrected chi connectivity index (χ1v) is 10.4. The van der Waals surface area contributed by atoms with Crippen molar-refractivity contribution in [2.45, 2.75) is 37.8 Å². The fourth-order valence-corrected chi connectivity index (χ4v) is 3.84. The highest BCUT2D eigenvalue weighted by atomic mass is 19.1. The Kier molecular flexibility index (Phi) is 6.35. The number of Topliss-reactive ketones (excluding diaryl/α,β-unsaturated/α-hetero) is 1. The summed E-state index contributed by atoms with van der Waals surface area (Å²) in [6.45, 7) is 1.63. The highest BCUT2D eigenvalue weighted by Gasteiger charge is 2.24. The van der Waals surface area contributed by atoms with Crippen LogP contribution in [0.3, 0.4) is 0 Å². The Labute approximate surface area is 179 Å². The van der Waals surface area contributed by atoms with Crippen LogP contribution in [0.15, 0.2) is 30.3 Å². The van der Waals surface area contributed by atoms with Gasteiger partial charge in [-0.05, 0) is 43.1 Å². The molecule has 7 nitrogen and oxygen atoms in total. The molecular weight excluding hydrogens is 399 g/mol. The zero-order chi connectivity index (χ0) is 21.8. The molecule has 0 unspecified atom stereocenters. The van der Waals surface area contributed by atoms with E-state index in [0.29, 0.717) is 48.4 Å². The van der Waals surface area contributed by atoms with Crippen molar-refractivity contribution in [2.75, 3.05) is 19.7 Å². The molecular formula is C23H23FN4O3. The number of aromatic nitrogens is 1. The molecule has 0 saturated carbocycles. The lowest BCUT2D eigenvalue weighted by Crippen LogP contribution is -2.46. The molecule has 160 valence electrons. The Morgan fingerprint density at radius 3 is 3.03 bits per heavy atom. The van der Waals surface area contributed by atoms with Crippen molar-refractivity contribution in [1.29, 1.82) is 5.26 Å². The fraction of sp³-hybridized carbons (Fsp3) is 0.391. The fourth-order valence-electron chi connectivity index (χ4n) is 3.84. The Morgan fingerprint density at radius 2 is 2.23 bits per heavy atom. The van der Waals surface area contributed by atoms with E-state index in [1.165, 1.54) is 6.07 Å². The van der Waals surface area contributed by atoms with Gasteiger partial charge < -0.3 is 15.4 Å². The van der Waals surface area contributed by atoms with Gasteiger partial charge in [-0.25, -0.2) is 4.39 Å². The molecule has 1 aliphatic carbocycles. The number of amides is 1. The summed E-state index contributed by atoms with van der Waals surface area (Å²) in [5.74, 6) is -0.766. The van der Waals surface area contributed by atoms with E-state index in [1.54, 1.807) is 24.3 Å². The number of carbonyl (C=O) groups excluding carboxylic acids is 2. The third-order valence-corrected chi connectivity index (χ3v) is 5.55. The van der Waals surface area contributed by atoms with E-state index in [9.17, 15) is 19.2 Å². The molecule has 31 heavy (non-hydrogen) atoms. The average molecular weight is 422 g/mol. The number of nitrogens with zero attached hydrogens (tertiary/aromatic N) is 2. The van der Waals surface area contributed by atoms with E-state index in [1.807, 2.05) is 6.07 Å². The molecule has 4 rings (SSSR count). The second kappa shape index (κ2) is 9.33. The van der Waals surface area contributed by atoms with Crippen LogP contribution in [0.4, 0.5) is 4.39 Å². The minimum atomic E-state index is -0.871. The molecule has 1 aliphatic heterocycles. The number of carbonyl (C=O) groups is 2. The third-order valence-electron chi connectivity index (χ3n) is 5.55. The SMILES string of the molecule is N#C[C@H](Cc1ccc(-c2ccc3c(n2)CCC3=O)cc1F)NC(=O)[C@@H]1CNCCCO1. The Balaban J connectivity index is 1.44. The van der Waals surface area contributed by atoms with Gasteiger partial charge in [0.15, 0.2) is 5.78 Å². The topological polar surface area (TPSA) is 104 Å². The number of benzene rings is 1. The molecule has 2 aliphatic rings. The lowest BCUT2D eigenvalue weighted by molar-refractivity contribution is -0.132. The van der Waals surface area contributed by atoms with E-state index in [0.717, 1.165) is 18.7 Å². The Bertz CT molecular complexity index is 1040. The summed E-state index contributed by atoms with van der Waals surface area (Å²) in [5, 5.41) is 15.2. The quantitative estimate of drug-likeness (QED) is 0.763. The van der Waals surface area contributed by atoms with Crippen molar-refractivity contribution < 1.29 is 18.7 Å². The molecule has 0 spiro atoms. The van der Waals surface area contributed by atoms with Gasteiger partial charge in [0.05, 0.1) is 17.5 Å². The van der Waals surface area contributed by atoms with E-state index in [4.69, 9.17) is 4.74 Å². The summed E-state index contributed by atoms with van der Waals surface area (Å²) in [6, 6.07) is 9.32. The number of aryl methyl sites for hydroxylation is 1. The monoisotopic (exact) mass is 422 g/mol. The molecule has 8 heteroatoms. The first kappa shape index (κ1) is 21.1. The smallest absolute Gasteiger partial charge is 0.251 e. The maximum Gasteiger partial charge on any atom is 0.251 e. The number of halogens is 1.